The van der Waals surface area contributed by atoms with Crippen molar-refractivity contribution in [3.05, 3.63) is 96.8 Å². The number of nitrogens with two attached hydrogens (primary N) is 1. The van der Waals surface area contributed by atoms with Crippen molar-refractivity contribution in [3.8, 4) is 16.9 Å². The maximum Gasteiger partial charge on any atom is 0.260 e. The molecule has 5 rings (SSSR count). The molecule has 1 amide bonds. The molecule has 2 heterocycles. The van der Waals surface area contributed by atoms with Crippen molar-refractivity contribution < 1.29 is 13.9 Å². The lowest BCUT2D eigenvalue weighted by molar-refractivity contribution is 0.102. The van der Waals surface area contributed by atoms with E-state index in [1.807, 2.05) is 38.4 Å². The van der Waals surface area contributed by atoms with Crippen LogP contribution in [0.4, 0.5) is 16.0 Å². The van der Waals surface area contributed by atoms with Gasteiger partial charge < -0.3 is 20.4 Å². The number of likely N-dealkylation sites (N-methyl/N-ethyl adjacent to an activating group) is 1. The third-order valence-electron chi connectivity index (χ3n) is 5.45. The second kappa shape index (κ2) is 12.4. The zero-order chi connectivity index (χ0) is 26.9. The largest absolute Gasteiger partial charge is 0.492 e. The van der Waals surface area contributed by atoms with E-state index >= 15 is 0 Å². The quantitative estimate of drug-likeness (QED) is 0.272. The lowest BCUT2D eigenvalue weighted by Gasteiger charge is -2.10. The van der Waals surface area contributed by atoms with Gasteiger partial charge in [-0.05, 0) is 50.5 Å². The third-order valence-corrected chi connectivity index (χ3v) is 5.45. The molecular weight excluding hydrogens is 485 g/mol. The third kappa shape index (κ3) is 6.68. The van der Waals surface area contributed by atoms with Gasteiger partial charge in [0.15, 0.2) is 0 Å². The number of aromatic nitrogens is 4. The number of rotatable bonds is 7. The number of anilines is 2. The molecule has 0 aliphatic heterocycles. The number of benzene rings is 3. The van der Waals surface area contributed by atoms with Gasteiger partial charge in [0.25, 0.3) is 5.91 Å². The van der Waals surface area contributed by atoms with Crippen molar-refractivity contribution in [2.75, 3.05) is 38.3 Å². The topological polar surface area (TPSA) is 122 Å². The molecule has 2 aromatic heterocycles. The molecule has 5 aromatic rings. The van der Waals surface area contributed by atoms with E-state index < -0.39 is 0 Å². The highest BCUT2D eigenvalue weighted by Gasteiger charge is 2.17. The molecule has 0 aliphatic rings. The van der Waals surface area contributed by atoms with Gasteiger partial charge in [0.1, 0.15) is 23.7 Å². The Hall–Kier alpha value is -4.83. The first kappa shape index (κ1) is 26.2. The Balaban J connectivity index is 0.000000219. The molecule has 0 unspecified atom stereocenters. The molecule has 0 aliphatic carbocycles. The van der Waals surface area contributed by atoms with Crippen LogP contribution in [0.15, 0.2) is 85.5 Å². The van der Waals surface area contributed by atoms with E-state index in [0.29, 0.717) is 40.3 Å². The van der Waals surface area contributed by atoms with Gasteiger partial charge in [0.05, 0.1) is 11.1 Å². The summed E-state index contributed by atoms with van der Waals surface area (Å²) < 4.78 is 19.6. The Kier molecular flexibility index (Phi) is 8.57. The average molecular weight is 514 g/mol. The minimum atomic E-state index is -0.375. The summed E-state index contributed by atoms with van der Waals surface area (Å²) in [6.45, 7) is 1.63. The van der Waals surface area contributed by atoms with Crippen molar-refractivity contribution in [1.82, 2.24) is 24.8 Å². The van der Waals surface area contributed by atoms with Gasteiger partial charge in [-0.1, -0.05) is 24.3 Å². The zero-order valence-corrected chi connectivity index (χ0v) is 21.1. The molecule has 194 valence electrons. The average Bonchev–Trinajstić information content (AvgIpc) is 3.43. The first-order chi connectivity index (χ1) is 18.4. The molecule has 38 heavy (non-hydrogen) atoms. The smallest absolute Gasteiger partial charge is 0.260 e. The summed E-state index contributed by atoms with van der Waals surface area (Å²) in [7, 11) is 4.04. The normalized spacial score (nSPS) is 10.6. The van der Waals surface area contributed by atoms with Crippen LogP contribution >= 0.6 is 0 Å². The monoisotopic (exact) mass is 513 g/mol. The number of carbonyl (C=O) groups is 1. The highest BCUT2D eigenvalue weighted by molar-refractivity contribution is 6.12. The van der Waals surface area contributed by atoms with Crippen LogP contribution in [0.1, 0.15) is 10.4 Å². The number of imidazole rings is 1. The molecule has 0 radical (unpaired) electrons. The van der Waals surface area contributed by atoms with Crippen LogP contribution in [0.3, 0.4) is 0 Å². The number of hydrogen-bond donors (Lipinski definition) is 3. The Morgan fingerprint density at radius 2 is 1.68 bits per heavy atom. The molecular formula is C28H28FN7O2. The molecule has 0 atom stereocenters. The maximum absolute atomic E-state index is 14.2. The molecule has 0 spiro atoms. The highest BCUT2D eigenvalue weighted by atomic mass is 19.1. The number of halogens is 1. The number of nitrogens with one attached hydrogen (secondary N) is 2. The Labute approximate surface area is 219 Å². The van der Waals surface area contributed by atoms with Gasteiger partial charge in [-0.2, -0.15) is 0 Å². The second-order valence-corrected chi connectivity index (χ2v) is 8.51. The number of H-pyrrole nitrogens is 1. The lowest BCUT2D eigenvalue weighted by atomic mass is 10.0. The standard InChI is InChI=1S/C18H12FN5O.C10H16N2O/c19-14-4-2-1-3-11(14)12-5-6-13(16-15(12)20-7-8-21-16)17(25)24-18-22-9-10-23-18;1-12(2)7-8-13-10-5-3-9(11)4-6-10/h1-10H,(H2,22,23,24,25);3-6H,7-8,11H2,1-2H3. The summed E-state index contributed by atoms with van der Waals surface area (Å²) in [5, 5.41) is 2.65. The summed E-state index contributed by atoms with van der Waals surface area (Å²) in [6, 6.07) is 17.1. The summed E-state index contributed by atoms with van der Waals surface area (Å²) in [5.74, 6) is 0.471. The van der Waals surface area contributed by atoms with Gasteiger partial charge in [-0.3, -0.25) is 20.1 Å². The predicted octanol–water partition coefficient (Wildman–Crippen LogP) is 4.62. The number of aromatic amines is 1. The number of carbonyl (C=O) groups excluding carboxylic acids is 1. The Bertz CT molecular complexity index is 1490. The van der Waals surface area contributed by atoms with Gasteiger partial charge in [0, 0.05) is 48.1 Å². The number of nitrogens with zero attached hydrogens (tertiary/aromatic N) is 4. The van der Waals surface area contributed by atoms with E-state index in [0.717, 1.165) is 18.0 Å². The van der Waals surface area contributed by atoms with E-state index in [1.54, 1.807) is 36.5 Å². The lowest BCUT2D eigenvalue weighted by Crippen LogP contribution is -2.19. The van der Waals surface area contributed by atoms with Crippen molar-refractivity contribution in [2.45, 2.75) is 0 Å². The molecule has 10 heteroatoms. The number of hydrogen-bond acceptors (Lipinski definition) is 7. The van der Waals surface area contributed by atoms with Crippen LogP contribution in [0.2, 0.25) is 0 Å². The van der Waals surface area contributed by atoms with Gasteiger partial charge >= 0.3 is 0 Å². The minimum Gasteiger partial charge on any atom is -0.492 e. The van der Waals surface area contributed by atoms with E-state index in [1.165, 1.54) is 24.7 Å². The molecule has 9 nitrogen and oxygen atoms in total. The van der Waals surface area contributed by atoms with Gasteiger partial charge in [0.2, 0.25) is 5.95 Å². The summed E-state index contributed by atoms with van der Waals surface area (Å²) >= 11 is 0. The first-order valence-corrected chi connectivity index (χ1v) is 11.8. The van der Waals surface area contributed by atoms with Crippen LogP contribution < -0.4 is 15.8 Å². The maximum atomic E-state index is 14.2. The van der Waals surface area contributed by atoms with Gasteiger partial charge in [-0.25, -0.2) is 9.37 Å². The fourth-order valence-electron chi connectivity index (χ4n) is 3.56. The number of fused-ring (bicyclic) bond motifs is 1. The van der Waals surface area contributed by atoms with Crippen molar-refractivity contribution in [1.29, 1.82) is 0 Å². The molecule has 0 saturated carbocycles. The van der Waals surface area contributed by atoms with Crippen molar-refractivity contribution in [3.63, 3.8) is 0 Å². The SMILES string of the molecule is CN(C)CCOc1ccc(N)cc1.O=C(Nc1ncc[nH]1)c1ccc(-c2ccccc2F)c2nccnc12. The molecule has 3 aromatic carbocycles. The van der Waals surface area contributed by atoms with Crippen LogP contribution in [0, 0.1) is 5.82 Å². The van der Waals surface area contributed by atoms with Crippen molar-refractivity contribution in [2.24, 2.45) is 0 Å². The van der Waals surface area contributed by atoms with Crippen LogP contribution in [-0.4, -0.2) is 58.0 Å². The molecule has 4 N–H and O–H groups in total. The highest BCUT2D eigenvalue weighted by Crippen LogP contribution is 2.30. The summed E-state index contributed by atoms with van der Waals surface area (Å²) in [6.07, 6.45) is 6.15. The first-order valence-electron chi connectivity index (χ1n) is 11.8. The number of ether oxygens (including phenoxy) is 1. The van der Waals surface area contributed by atoms with Crippen LogP contribution in [0.25, 0.3) is 22.2 Å². The molecule has 0 bridgehead atoms. The fraction of sp³-hybridized carbons (Fsp3) is 0.143. The van der Waals surface area contributed by atoms with E-state index in [2.05, 4.69) is 30.2 Å². The molecule has 0 saturated heterocycles. The van der Waals surface area contributed by atoms with Crippen LogP contribution in [-0.2, 0) is 0 Å². The summed E-state index contributed by atoms with van der Waals surface area (Å²) in [4.78, 5) is 30.0. The van der Waals surface area contributed by atoms with E-state index in [4.69, 9.17) is 10.5 Å². The van der Waals surface area contributed by atoms with E-state index in [9.17, 15) is 9.18 Å². The Morgan fingerprint density at radius 3 is 2.37 bits per heavy atom. The number of amides is 1. The fourth-order valence-corrected chi connectivity index (χ4v) is 3.56. The summed E-state index contributed by atoms with van der Waals surface area (Å²) in [5.41, 5.74) is 8.48. The predicted molar refractivity (Wildman–Crippen MR) is 146 cm³/mol. The Morgan fingerprint density at radius 1 is 0.947 bits per heavy atom. The van der Waals surface area contributed by atoms with E-state index in [-0.39, 0.29) is 11.7 Å². The number of nitrogen functional groups attached to an aromatic ring is 1. The minimum absolute atomic E-state index is 0.333. The second-order valence-electron chi connectivity index (χ2n) is 8.51. The zero-order valence-electron chi connectivity index (χ0n) is 21.1. The molecule has 0 fully saturated rings. The van der Waals surface area contributed by atoms with Crippen molar-refractivity contribution >= 4 is 28.6 Å². The van der Waals surface area contributed by atoms with Gasteiger partial charge in [-0.15, -0.1) is 0 Å². The van der Waals surface area contributed by atoms with Crippen LogP contribution in [0.5, 0.6) is 5.75 Å².